The van der Waals surface area contributed by atoms with Crippen LogP contribution in [-0.2, 0) is 12.2 Å². The lowest BCUT2D eigenvalue weighted by atomic mass is 10.1. The van der Waals surface area contributed by atoms with Crippen LogP contribution in [0.2, 0.25) is 10.0 Å². The van der Waals surface area contributed by atoms with Crippen molar-refractivity contribution in [2.45, 2.75) is 17.4 Å². The molecule has 0 aliphatic carbocycles. The van der Waals surface area contributed by atoms with Crippen molar-refractivity contribution in [3.63, 3.8) is 0 Å². The first-order valence-electron chi connectivity index (χ1n) is 7.16. The third-order valence-electron chi connectivity index (χ3n) is 3.33. The predicted molar refractivity (Wildman–Crippen MR) is 96.1 cm³/mol. The number of thioether (sulfide) groups is 1. The van der Waals surface area contributed by atoms with Crippen LogP contribution in [0.15, 0.2) is 52.1 Å². The molecule has 0 aliphatic rings. The summed E-state index contributed by atoms with van der Waals surface area (Å²) in [5.74, 6) is 2.03. The molecule has 0 unspecified atom stereocenters. The van der Waals surface area contributed by atoms with E-state index in [1.807, 2.05) is 36.4 Å². The predicted octanol–water partition coefficient (Wildman–Crippen LogP) is 5.27. The standard InChI is InChI=1S/C17H14Cl2N2O2S/c1-22-14-6-2-11(3-7-14)8-16-20-21-17(23-16)24-10-12-4-5-13(18)9-15(12)19/h2-7,9H,8,10H2,1H3. The minimum absolute atomic E-state index is 0.518. The molecule has 124 valence electrons. The summed E-state index contributed by atoms with van der Waals surface area (Å²) >= 11 is 13.5. The van der Waals surface area contributed by atoms with Crippen LogP contribution in [0.1, 0.15) is 17.0 Å². The average Bonchev–Trinajstić information content (AvgIpc) is 3.02. The molecule has 3 rings (SSSR count). The van der Waals surface area contributed by atoms with E-state index in [4.69, 9.17) is 32.4 Å². The molecular formula is C17H14Cl2N2O2S. The number of hydrogen-bond donors (Lipinski definition) is 0. The highest BCUT2D eigenvalue weighted by Crippen LogP contribution is 2.28. The largest absolute Gasteiger partial charge is 0.497 e. The summed E-state index contributed by atoms with van der Waals surface area (Å²) in [6.45, 7) is 0. The first-order chi connectivity index (χ1) is 11.6. The van der Waals surface area contributed by atoms with Gasteiger partial charge in [0.25, 0.3) is 5.22 Å². The highest BCUT2D eigenvalue weighted by molar-refractivity contribution is 7.98. The third kappa shape index (κ3) is 4.44. The van der Waals surface area contributed by atoms with Crippen molar-refractivity contribution >= 4 is 35.0 Å². The van der Waals surface area contributed by atoms with Crippen LogP contribution >= 0.6 is 35.0 Å². The summed E-state index contributed by atoms with van der Waals surface area (Å²) < 4.78 is 10.8. The molecule has 4 nitrogen and oxygen atoms in total. The van der Waals surface area contributed by atoms with Crippen molar-refractivity contribution in [3.8, 4) is 5.75 Å². The average molecular weight is 381 g/mol. The van der Waals surface area contributed by atoms with Gasteiger partial charge in [-0.25, -0.2) is 0 Å². The molecule has 0 saturated heterocycles. The zero-order chi connectivity index (χ0) is 16.9. The summed E-state index contributed by atoms with van der Waals surface area (Å²) in [7, 11) is 1.64. The minimum atomic E-state index is 0.518. The van der Waals surface area contributed by atoms with E-state index < -0.39 is 0 Å². The summed E-state index contributed by atoms with van der Waals surface area (Å²) in [5, 5.41) is 9.91. The molecule has 0 spiro atoms. The molecule has 0 radical (unpaired) electrons. The second kappa shape index (κ2) is 7.92. The Balaban J connectivity index is 1.60. The zero-order valence-electron chi connectivity index (χ0n) is 12.8. The molecule has 7 heteroatoms. The number of rotatable bonds is 6. The van der Waals surface area contributed by atoms with E-state index in [0.29, 0.717) is 33.3 Å². The van der Waals surface area contributed by atoms with Gasteiger partial charge in [0.2, 0.25) is 5.89 Å². The van der Waals surface area contributed by atoms with E-state index >= 15 is 0 Å². The lowest BCUT2D eigenvalue weighted by Gasteiger charge is -2.02. The maximum Gasteiger partial charge on any atom is 0.276 e. The fraction of sp³-hybridized carbons (Fsp3) is 0.176. The molecule has 1 aromatic heterocycles. The summed E-state index contributed by atoms with van der Waals surface area (Å²) in [6, 6.07) is 13.2. The first kappa shape index (κ1) is 17.1. The Bertz CT molecular complexity index is 822. The second-order valence-electron chi connectivity index (χ2n) is 5.01. The van der Waals surface area contributed by atoms with Crippen molar-refractivity contribution < 1.29 is 9.15 Å². The fourth-order valence-electron chi connectivity index (χ4n) is 2.06. The molecule has 2 aromatic carbocycles. The molecule has 0 aliphatic heterocycles. The van der Waals surface area contributed by atoms with Crippen LogP contribution < -0.4 is 4.74 Å². The Hall–Kier alpha value is -1.69. The second-order valence-corrected chi connectivity index (χ2v) is 6.78. The number of benzene rings is 2. The van der Waals surface area contributed by atoms with Gasteiger partial charge in [0.05, 0.1) is 13.5 Å². The zero-order valence-corrected chi connectivity index (χ0v) is 15.2. The van der Waals surface area contributed by atoms with E-state index in [1.54, 1.807) is 13.2 Å². The monoisotopic (exact) mass is 380 g/mol. The summed E-state index contributed by atoms with van der Waals surface area (Å²) in [4.78, 5) is 0. The number of hydrogen-bond acceptors (Lipinski definition) is 5. The maximum atomic E-state index is 6.16. The van der Waals surface area contributed by atoms with Gasteiger partial charge in [-0.15, -0.1) is 10.2 Å². The third-order valence-corrected chi connectivity index (χ3v) is 4.78. The SMILES string of the molecule is COc1ccc(Cc2nnc(SCc3ccc(Cl)cc3Cl)o2)cc1. The molecule has 0 fully saturated rings. The Morgan fingerprint density at radius 2 is 1.88 bits per heavy atom. The number of ether oxygens (including phenoxy) is 1. The van der Waals surface area contributed by atoms with Gasteiger partial charge < -0.3 is 9.15 Å². The lowest BCUT2D eigenvalue weighted by molar-refractivity contribution is 0.413. The van der Waals surface area contributed by atoms with Crippen LogP contribution in [0.25, 0.3) is 0 Å². The number of methoxy groups -OCH3 is 1. The van der Waals surface area contributed by atoms with Gasteiger partial charge in [-0.3, -0.25) is 0 Å². The number of halogens is 2. The van der Waals surface area contributed by atoms with Gasteiger partial charge >= 0.3 is 0 Å². The van der Waals surface area contributed by atoms with Crippen LogP contribution in [0.5, 0.6) is 5.75 Å². The molecular weight excluding hydrogens is 367 g/mol. The minimum Gasteiger partial charge on any atom is -0.497 e. The Morgan fingerprint density at radius 1 is 1.08 bits per heavy atom. The molecule has 1 heterocycles. The Kier molecular flexibility index (Phi) is 5.66. The van der Waals surface area contributed by atoms with Gasteiger partial charge in [-0.1, -0.05) is 53.2 Å². The molecule has 0 atom stereocenters. The molecule has 0 N–H and O–H groups in total. The smallest absolute Gasteiger partial charge is 0.276 e. The van der Waals surface area contributed by atoms with Crippen LogP contribution in [0.4, 0.5) is 0 Å². The van der Waals surface area contributed by atoms with Gasteiger partial charge in [-0.2, -0.15) is 0 Å². The molecule has 3 aromatic rings. The molecule has 24 heavy (non-hydrogen) atoms. The van der Waals surface area contributed by atoms with Crippen molar-refractivity contribution in [1.82, 2.24) is 10.2 Å². The van der Waals surface area contributed by atoms with Crippen molar-refractivity contribution in [2.75, 3.05) is 7.11 Å². The summed E-state index contributed by atoms with van der Waals surface area (Å²) in [6.07, 6.45) is 0.583. The molecule has 0 bridgehead atoms. The van der Waals surface area contributed by atoms with Crippen molar-refractivity contribution in [1.29, 1.82) is 0 Å². The van der Waals surface area contributed by atoms with Crippen LogP contribution in [0.3, 0.4) is 0 Å². The lowest BCUT2D eigenvalue weighted by Crippen LogP contribution is -1.89. The highest BCUT2D eigenvalue weighted by atomic mass is 35.5. The van der Waals surface area contributed by atoms with E-state index in [0.717, 1.165) is 16.9 Å². The first-order valence-corrected chi connectivity index (χ1v) is 8.90. The van der Waals surface area contributed by atoms with Crippen molar-refractivity contribution in [2.24, 2.45) is 0 Å². The molecule has 0 amide bonds. The van der Waals surface area contributed by atoms with Gasteiger partial charge in [0, 0.05) is 15.8 Å². The van der Waals surface area contributed by atoms with E-state index in [1.165, 1.54) is 11.8 Å². The van der Waals surface area contributed by atoms with Crippen LogP contribution in [-0.4, -0.2) is 17.3 Å². The Morgan fingerprint density at radius 3 is 2.58 bits per heavy atom. The van der Waals surface area contributed by atoms with Gasteiger partial charge in [0.1, 0.15) is 5.75 Å². The quantitative estimate of drug-likeness (QED) is 0.545. The van der Waals surface area contributed by atoms with Gasteiger partial charge in [-0.05, 0) is 35.4 Å². The van der Waals surface area contributed by atoms with E-state index in [2.05, 4.69) is 10.2 Å². The number of nitrogens with zero attached hydrogens (tertiary/aromatic N) is 2. The molecule has 0 saturated carbocycles. The normalized spacial score (nSPS) is 10.8. The number of aromatic nitrogens is 2. The highest BCUT2D eigenvalue weighted by Gasteiger charge is 2.09. The van der Waals surface area contributed by atoms with E-state index in [9.17, 15) is 0 Å². The maximum absolute atomic E-state index is 6.16. The van der Waals surface area contributed by atoms with Crippen LogP contribution in [0, 0.1) is 0 Å². The summed E-state index contributed by atoms with van der Waals surface area (Å²) in [5.41, 5.74) is 2.05. The van der Waals surface area contributed by atoms with Gasteiger partial charge in [0.15, 0.2) is 0 Å². The topological polar surface area (TPSA) is 48.2 Å². The van der Waals surface area contributed by atoms with E-state index in [-0.39, 0.29) is 0 Å². The van der Waals surface area contributed by atoms with Crippen molar-refractivity contribution in [3.05, 3.63) is 69.5 Å². The Labute approximate surface area is 154 Å². The fourth-order valence-corrected chi connectivity index (χ4v) is 3.40.